The molecule has 5 rings (SSSR count). The monoisotopic (exact) mass is 383 g/mol. The van der Waals surface area contributed by atoms with Crippen LogP contribution in [0.25, 0.3) is 0 Å². The minimum atomic E-state index is -1.38. The number of anilines is 2. The van der Waals surface area contributed by atoms with E-state index in [1.807, 2.05) is 54.6 Å². The van der Waals surface area contributed by atoms with Crippen LogP contribution >= 0.6 is 0 Å². The minimum absolute atomic E-state index is 0.0980. The summed E-state index contributed by atoms with van der Waals surface area (Å²) in [7, 11) is 0. The highest BCUT2D eigenvalue weighted by molar-refractivity contribution is 6.14. The highest BCUT2D eigenvalue weighted by Gasteiger charge is 2.60. The Morgan fingerprint density at radius 2 is 1.93 bits per heavy atom. The number of fused-ring (bicyclic) bond motifs is 4. The molecule has 142 valence electrons. The Hall–Kier alpha value is -4.05. The summed E-state index contributed by atoms with van der Waals surface area (Å²) < 4.78 is 5.40. The maximum atomic E-state index is 14.1. The number of aromatic nitrogens is 1. The molecule has 1 spiro atoms. The highest BCUT2D eigenvalue weighted by Crippen LogP contribution is 2.55. The summed E-state index contributed by atoms with van der Waals surface area (Å²) >= 11 is 0. The van der Waals surface area contributed by atoms with E-state index in [0.29, 0.717) is 29.2 Å². The minimum Gasteiger partial charge on any atom is -0.384 e. The maximum absolute atomic E-state index is 14.1. The van der Waals surface area contributed by atoms with Crippen molar-refractivity contribution in [2.75, 3.05) is 10.2 Å². The van der Waals surface area contributed by atoms with E-state index in [1.165, 1.54) is 0 Å². The number of nitrogens with zero attached hydrogens (tertiary/aromatic N) is 3. The van der Waals surface area contributed by atoms with Crippen LogP contribution in [0.4, 0.5) is 11.6 Å². The molecular formula is C22H17N5O2. The molecule has 7 nitrogen and oxygen atoms in total. The summed E-state index contributed by atoms with van der Waals surface area (Å²) in [5.74, 6) is 0.153. The third-order valence-electron chi connectivity index (χ3n) is 5.59. The molecule has 2 aromatic carbocycles. The van der Waals surface area contributed by atoms with Crippen LogP contribution in [-0.2, 0) is 16.8 Å². The number of carbonyl (C=O) groups is 1. The number of nitrogens with two attached hydrogens (primary N) is 1. The predicted octanol–water partition coefficient (Wildman–Crippen LogP) is 2.94. The van der Waals surface area contributed by atoms with Crippen LogP contribution in [0.15, 0.2) is 70.5 Å². The largest absolute Gasteiger partial charge is 0.384 e. The van der Waals surface area contributed by atoms with Crippen molar-refractivity contribution in [2.24, 2.45) is 5.73 Å². The second-order valence-corrected chi connectivity index (χ2v) is 7.14. The van der Waals surface area contributed by atoms with E-state index in [0.717, 1.165) is 11.3 Å². The average Bonchev–Trinajstić information content (AvgIpc) is 3.21. The Morgan fingerprint density at radius 3 is 2.69 bits per heavy atom. The first kappa shape index (κ1) is 17.1. The SMILES string of the molecule is Cc1noc2c1[C@]1(C(=O)N(Cc3ccccc3)c3ccccc31)C(C#N)=C(N)N2. The van der Waals surface area contributed by atoms with Gasteiger partial charge in [-0.15, -0.1) is 0 Å². The van der Waals surface area contributed by atoms with E-state index in [9.17, 15) is 10.1 Å². The van der Waals surface area contributed by atoms with Gasteiger partial charge < -0.3 is 20.5 Å². The number of para-hydroxylation sites is 1. The van der Waals surface area contributed by atoms with Gasteiger partial charge in [-0.3, -0.25) is 4.79 Å². The van der Waals surface area contributed by atoms with Crippen molar-refractivity contribution < 1.29 is 9.32 Å². The van der Waals surface area contributed by atoms with Gasteiger partial charge in [-0.1, -0.05) is 53.7 Å². The molecule has 3 N–H and O–H groups in total. The zero-order valence-corrected chi connectivity index (χ0v) is 15.6. The quantitative estimate of drug-likeness (QED) is 0.704. The van der Waals surface area contributed by atoms with E-state index in [2.05, 4.69) is 16.5 Å². The first-order chi connectivity index (χ1) is 14.1. The summed E-state index contributed by atoms with van der Waals surface area (Å²) in [6.07, 6.45) is 0. The molecule has 29 heavy (non-hydrogen) atoms. The number of hydrogen-bond acceptors (Lipinski definition) is 6. The van der Waals surface area contributed by atoms with Crippen LogP contribution in [0.2, 0.25) is 0 Å². The van der Waals surface area contributed by atoms with E-state index in [4.69, 9.17) is 10.3 Å². The molecule has 0 unspecified atom stereocenters. The maximum Gasteiger partial charge on any atom is 0.248 e. The van der Waals surface area contributed by atoms with E-state index < -0.39 is 5.41 Å². The molecule has 1 aromatic heterocycles. The number of nitriles is 1. The van der Waals surface area contributed by atoms with Gasteiger partial charge in [-0.25, -0.2) is 0 Å². The van der Waals surface area contributed by atoms with Crippen molar-refractivity contribution in [2.45, 2.75) is 18.9 Å². The number of benzene rings is 2. The Morgan fingerprint density at radius 1 is 1.21 bits per heavy atom. The third kappa shape index (κ3) is 2.11. The molecule has 2 aliphatic rings. The van der Waals surface area contributed by atoms with E-state index in [-0.39, 0.29) is 17.3 Å². The molecule has 1 atom stereocenters. The fraction of sp³-hybridized carbons (Fsp3) is 0.136. The third-order valence-corrected chi connectivity index (χ3v) is 5.59. The molecule has 0 fully saturated rings. The van der Waals surface area contributed by atoms with Gasteiger partial charge in [-0.2, -0.15) is 5.26 Å². The second-order valence-electron chi connectivity index (χ2n) is 7.14. The van der Waals surface area contributed by atoms with Gasteiger partial charge in [-0.05, 0) is 18.6 Å². The Balaban J connectivity index is 1.80. The summed E-state index contributed by atoms with van der Waals surface area (Å²) in [5.41, 5.74) is 8.46. The Labute approximate surface area is 167 Å². The normalized spacial score (nSPS) is 19.7. The van der Waals surface area contributed by atoms with Crippen molar-refractivity contribution in [3.8, 4) is 6.07 Å². The molecule has 0 saturated heterocycles. The van der Waals surface area contributed by atoms with Gasteiger partial charge in [0, 0.05) is 11.3 Å². The number of amides is 1. The molecule has 3 aromatic rings. The smallest absolute Gasteiger partial charge is 0.248 e. The first-order valence-corrected chi connectivity index (χ1v) is 9.18. The van der Waals surface area contributed by atoms with E-state index >= 15 is 0 Å². The number of carbonyl (C=O) groups excluding carboxylic acids is 1. The second kappa shape index (κ2) is 5.97. The van der Waals surface area contributed by atoms with Crippen LogP contribution < -0.4 is 16.0 Å². The molecule has 3 heterocycles. The zero-order valence-electron chi connectivity index (χ0n) is 15.6. The van der Waals surface area contributed by atoms with Crippen molar-refractivity contribution >= 4 is 17.5 Å². The van der Waals surface area contributed by atoms with Crippen LogP contribution in [0.5, 0.6) is 0 Å². The molecule has 2 aliphatic heterocycles. The molecular weight excluding hydrogens is 366 g/mol. The van der Waals surface area contributed by atoms with Crippen molar-refractivity contribution in [1.29, 1.82) is 5.26 Å². The lowest BCUT2D eigenvalue weighted by atomic mass is 9.68. The number of hydrogen-bond donors (Lipinski definition) is 2. The van der Waals surface area contributed by atoms with Gasteiger partial charge in [0.05, 0.1) is 23.4 Å². The van der Waals surface area contributed by atoms with Crippen LogP contribution in [0.3, 0.4) is 0 Å². The lowest BCUT2D eigenvalue weighted by molar-refractivity contribution is -0.120. The first-order valence-electron chi connectivity index (χ1n) is 9.18. The Kier molecular flexibility index (Phi) is 3.52. The molecule has 7 heteroatoms. The zero-order chi connectivity index (χ0) is 20.2. The summed E-state index contributed by atoms with van der Waals surface area (Å²) in [4.78, 5) is 15.8. The predicted molar refractivity (Wildman–Crippen MR) is 107 cm³/mol. The van der Waals surface area contributed by atoms with Gasteiger partial charge in [0.2, 0.25) is 11.8 Å². The molecule has 0 radical (unpaired) electrons. The number of aryl methyl sites for hydroxylation is 1. The number of nitrogens with one attached hydrogen (secondary N) is 1. The average molecular weight is 383 g/mol. The van der Waals surface area contributed by atoms with Crippen LogP contribution in [0, 0.1) is 18.3 Å². The molecule has 0 bridgehead atoms. The van der Waals surface area contributed by atoms with Crippen molar-refractivity contribution in [1.82, 2.24) is 5.16 Å². The fourth-order valence-electron chi connectivity index (χ4n) is 4.41. The van der Waals surface area contributed by atoms with Gasteiger partial charge in [0.15, 0.2) is 0 Å². The van der Waals surface area contributed by atoms with Gasteiger partial charge in [0.1, 0.15) is 17.3 Å². The fourth-order valence-corrected chi connectivity index (χ4v) is 4.41. The lowest BCUT2D eigenvalue weighted by Crippen LogP contribution is -2.46. The molecule has 1 amide bonds. The molecule has 0 aliphatic carbocycles. The van der Waals surface area contributed by atoms with Crippen molar-refractivity contribution in [3.05, 3.63) is 88.4 Å². The molecule has 0 saturated carbocycles. The Bertz CT molecular complexity index is 1220. The van der Waals surface area contributed by atoms with Crippen molar-refractivity contribution in [3.63, 3.8) is 0 Å². The van der Waals surface area contributed by atoms with E-state index in [1.54, 1.807) is 11.8 Å². The number of rotatable bonds is 2. The topological polar surface area (TPSA) is 108 Å². The van der Waals surface area contributed by atoms with Crippen LogP contribution in [-0.4, -0.2) is 11.1 Å². The summed E-state index contributed by atoms with van der Waals surface area (Å²) in [6.45, 7) is 2.14. The van der Waals surface area contributed by atoms with Crippen LogP contribution in [0.1, 0.15) is 22.4 Å². The summed E-state index contributed by atoms with van der Waals surface area (Å²) in [5, 5.41) is 16.9. The van der Waals surface area contributed by atoms with Gasteiger partial charge in [0.25, 0.3) is 0 Å². The lowest BCUT2D eigenvalue weighted by Gasteiger charge is -2.32. The standard InChI is InChI=1S/C22H17N5O2/c1-13-18-20(29-26-13)25-19(24)16(11-23)22(18)15-9-5-6-10-17(15)27(21(22)28)12-14-7-3-2-4-8-14/h2-10,25H,12,24H2,1H3/t22-/m1/s1. The summed E-state index contributed by atoms with van der Waals surface area (Å²) in [6, 6.07) is 19.4. The van der Waals surface area contributed by atoms with Gasteiger partial charge >= 0.3 is 0 Å². The highest BCUT2D eigenvalue weighted by atomic mass is 16.5.